The minimum absolute atomic E-state index is 0.683. The van der Waals surface area contributed by atoms with Crippen molar-refractivity contribution in [3.8, 4) is 0 Å². The fourth-order valence-corrected chi connectivity index (χ4v) is 2.60. The molecule has 0 radical (unpaired) electrons. The van der Waals surface area contributed by atoms with E-state index in [1.807, 2.05) is 36.5 Å². The number of nitrogens with zero attached hydrogens (tertiary/aromatic N) is 7. The third-order valence-corrected chi connectivity index (χ3v) is 3.88. The first-order chi connectivity index (χ1) is 10.0. The van der Waals surface area contributed by atoms with Crippen molar-refractivity contribution in [3.63, 3.8) is 0 Å². The van der Waals surface area contributed by atoms with Crippen molar-refractivity contribution in [2.75, 3.05) is 52.2 Å². The number of rotatable bonds is 3. The Bertz CT molecular complexity index is 626. The van der Waals surface area contributed by atoms with Gasteiger partial charge < -0.3 is 9.80 Å². The molecule has 3 heterocycles. The largest absolute Gasteiger partial charge is 0.363 e. The van der Waals surface area contributed by atoms with Crippen LogP contribution in [0.25, 0.3) is 5.78 Å². The Morgan fingerprint density at radius 2 is 1.86 bits per heavy atom. The molecule has 2 aromatic rings. The summed E-state index contributed by atoms with van der Waals surface area (Å²) in [7, 11) is 6.18. The highest BCUT2D eigenvalue weighted by molar-refractivity contribution is 5.46. The minimum atomic E-state index is 0.683. The lowest BCUT2D eigenvalue weighted by molar-refractivity contribution is 0.145. The average Bonchev–Trinajstić information content (AvgIpc) is 2.82. The zero-order chi connectivity index (χ0) is 15.0. The summed E-state index contributed by atoms with van der Waals surface area (Å²) in [6.45, 7) is 7.13. The molecule has 1 saturated heterocycles. The predicted octanol–water partition coefficient (Wildman–Crippen LogP) is 0.246. The second-order valence-electron chi connectivity index (χ2n) is 5.97. The summed E-state index contributed by atoms with van der Waals surface area (Å²) in [5, 5.41) is 4.63. The molecular formula is C14H23N7. The van der Waals surface area contributed by atoms with Gasteiger partial charge in [0, 0.05) is 52.0 Å². The number of aromatic nitrogens is 4. The van der Waals surface area contributed by atoms with Gasteiger partial charge in [-0.3, -0.25) is 4.90 Å². The van der Waals surface area contributed by atoms with Crippen LogP contribution in [0.15, 0.2) is 6.07 Å². The van der Waals surface area contributed by atoms with Crippen LogP contribution in [0.5, 0.6) is 0 Å². The molecule has 0 bridgehead atoms. The maximum Gasteiger partial charge on any atom is 0.254 e. The van der Waals surface area contributed by atoms with E-state index in [9.17, 15) is 0 Å². The molecule has 7 nitrogen and oxygen atoms in total. The van der Waals surface area contributed by atoms with Crippen molar-refractivity contribution in [1.82, 2.24) is 29.4 Å². The first kappa shape index (κ1) is 14.2. The third kappa shape index (κ3) is 2.98. The van der Waals surface area contributed by atoms with Crippen molar-refractivity contribution >= 4 is 11.6 Å². The topological polar surface area (TPSA) is 52.8 Å². The molecule has 0 N–H and O–H groups in total. The maximum atomic E-state index is 4.63. The molecule has 2 aromatic heterocycles. The van der Waals surface area contributed by atoms with Gasteiger partial charge in [0.15, 0.2) is 5.82 Å². The second kappa shape index (κ2) is 5.57. The lowest BCUT2D eigenvalue weighted by Gasteiger charge is -2.31. The van der Waals surface area contributed by atoms with Gasteiger partial charge in [-0.1, -0.05) is 0 Å². The number of aryl methyl sites for hydroxylation is 1. The Labute approximate surface area is 125 Å². The number of fused-ring (bicyclic) bond motifs is 1. The summed E-state index contributed by atoms with van der Waals surface area (Å²) in [6.07, 6.45) is 0. The highest BCUT2D eigenvalue weighted by Gasteiger charge is 2.17. The lowest BCUT2D eigenvalue weighted by Crippen LogP contribution is -2.44. The number of piperazine rings is 1. The van der Waals surface area contributed by atoms with Gasteiger partial charge in [-0.25, -0.2) is 4.98 Å². The highest BCUT2D eigenvalue weighted by atomic mass is 15.4. The Balaban J connectivity index is 1.85. The van der Waals surface area contributed by atoms with Crippen molar-refractivity contribution in [2.24, 2.45) is 0 Å². The molecule has 1 fully saturated rings. The Morgan fingerprint density at radius 1 is 1.14 bits per heavy atom. The molecule has 0 spiro atoms. The zero-order valence-electron chi connectivity index (χ0n) is 13.2. The van der Waals surface area contributed by atoms with Gasteiger partial charge in [0.1, 0.15) is 5.82 Å². The summed E-state index contributed by atoms with van der Waals surface area (Å²) in [4.78, 5) is 15.9. The number of anilines is 1. The average molecular weight is 289 g/mol. The summed E-state index contributed by atoms with van der Waals surface area (Å²) < 4.78 is 1.83. The SMILES string of the molecule is Cc1cc(N(C)C)n2nc(CN3CCN(C)CC3)nc2n1. The van der Waals surface area contributed by atoms with Gasteiger partial charge in [0.25, 0.3) is 5.78 Å². The van der Waals surface area contributed by atoms with Gasteiger partial charge in [-0.05, 0) is 14.0 Å². The molecule has 0 unspecified atom stereocenters. The predicted molar refractivity (Wildman–Crippen MR) is 82.6 cm³/mol. The molecule has 114 valence electrons. The van der Waals surface area contributed by atoms with Crippen LogP contribution in [0, 0.1) is 6.92 Å². The van der Waals surface area contributed by atoms with E-state index in [4.69, 9.17) is 0 Å². The Hall–Kier alpha value is -1.73. The van der Waals surface area contributed by atoms with Gasteiger partial charge in [0.05, 0.1) is 6.54 Å². The standard InChI is InChI=1S/C14H23N7/c1-11-9-13(18(2)3)21-14(15-11)16-12(17-21)10-20-7-5-19(4)6-8-20/h9H,5-8,10H2,1-4H3. The lowest BCUT2D eigenvalue weighted by atomic mass is 10.3. The van der Waals surface area contributed by atoms with E-state index >= 15 is 0 Å². The number of hydrogen-bond donors (Lipinski definition) is 0. The molecule has 0 aromatic carbocycles. The zero-order valence-corrected chi connectivity index (χ0v) is 13.2. The molecule has 1 aliphatic heterocycles. The van der Waals surface area contributed by atoms with E-state index in [0.29, 0.717) is 5.78 Å². The van der Waals surface area contributed by atoms with Crippen molar-refractivity contribution in [3.05, 3.63) is 17.6 Å². The van der Waals surface area contributed by atoms with Crippen molar-refractivity contribution in [2.45, 2.75) is 13.5 Å². The smallest absolute Gasteiger partial charge is 0.254 e. The molecule has 3 rings (SSSR count). The van der Waals surface area contributed by atoms with E-state index in [-0.39, 0.29) is 0 Å². The van der Waals surface area contributed by atoms with Gasteiger partial charge in [-0.2, -0.15) is 9.50 Å². The fraction of sp³-hybridized carbons (Fsp3) is 0.643. The van der Waals surface area contributed by atoms with Gasteiger partial charge >= 0.3 is 0 Å². The normalized spacial score (nSPS) is 17.5. The molecule has 0 amide bonds. The van der Waals surface area contributed by atoms with Crippen molar-refractivity contribution < 1.29 is 0 Å². The molecule has 21 heavy (non-hydrogen) atoms. The van der Waals surface area contributed by atoms with E-state index in [0.717, 1.165) is 50.1 Å². The number of hydrogen-bond acceptors (Lipinski definition) is 6. The van der Waals surface area contributed by atoms with Crippen molar-refractivity contribution in [1.29, 1.82) is 0 Å². The molecule has 0 saturated carbocycles. The summed E-state index contributed by atoms with van der Waals surface area (Å²) in [5.41, 5.74) is 0.963. The third-order valence-electron chi connectivity index (χ3n) is 3.88. The maximum absolute atomic E-state index is 4.63. The highest BCUT2D eigenvalue weighted by Crippen LogP contribution is 2.15. The van der Waals surface area contributed by atoms with Gasteiger partial charge in [0.2, 0.25) is 0 Å². The van der Waals surface area contributed by atoms with E-state index in [2.05, 4.69) is 31.9 Å². The Kier molecular flexibility index (Phi) is 3.77. The van der Waals surface area contributed by atoms with Crippen LogP contribution in [0.1, 0.15) is 11.5 Å². The van der Waals surface area contributed by atoms with Crippen LogP contribution in [-0.2, 0) is 6.54 Å². The quantitative estimate of drug-likeness (QED) is 0.807. The van der Waals surface area contributed by atoms with Crippen LogP contribution in [0.3, 0.4) is 0 Å². The van der Waals surface area contributed by atoms with Crippen LogP contribution < -0.4 is 4.90 Å². The van der Waals surface area contributed by atoms with Crippen LogP contribution in [0.4, 0.5) is 5.82 Å². The Morgan fingerprint density at radius 3 is 2.52 bits per heavy atom. The van der Waals surface area contributed by atoms with Gasteiger partial charge in [-0.15, -0.1) is 5.10 Å². The molecule has 7 heteroatoms. The molecule has 1 aliphatic rings. The first-order valence-corrected chi connectivity index (χ1v) is 7.34. The summed E-state index contributed by atoms with van der Waals surface area (Å²) in [5.74, 6) is 2.54. The van der Waals surface area contributed by atoms with E-state index in [1.165, 1.54) is 0 Å². The molecule has 0 aliphatic carbocycles. The summed E-state index contributed by atoms with van der Waals surface area (Å²) in [6, 6.07) is 2.03. The second-order valence-corrected chi connectivity index (χ2v) is 5.97. The van der Waals surface area contributed by atoms with E-state index in [1.54, 1.807) is 0 Å². The monoisotopic (exact) mass is 289 g/mol. The minimum Gasteiger partial charge on any atom is -0.363 e. The molecular weight excluding hydrogens is 266 g/mol. The van der Waals surface area contributed by atoms with E-state index < -0.39 is 0 Å². The first-order valence-electron chi connectivity index (χ1n) is 7.34. The fourth-order valence-electron chi connectivity index (χ4n) is 2.60. The number of likely N-dealkylation sites (N-methyl/N-ethyl adjacent to an activating group) is 1. The molecule has 0 atom stereocenters. The van der Waals surface area contributed by atoms with Crippen LogP contribution in [-0.4, -0.2) is 76.7 Å². The van der Waals surface area contributed by atoms with Crippen LogP contribution >= 0.6 is 0 Å². The summed E-state index contributed by atoms with van der Waals surface area (Å²) >= 11 is 0. The van der Waals surface area contributed by atoms with Crippen LogP contribution in [0.2, 0.25) is 0 Å².